The Bertz CT molecular complexity index is 355. The summed E-state index contributed by atoms with van der Waals surface area (Å²) < 4.78 is 2.10. The second-order valence-corrected chi connectivity index (χ2v) is 4.43. The summed E-state index contributed by atoms with van der Waals surface area (Å²) in [5.74, 6) is 0.129. The van der Waals surface area contributed by atoms with Gasteiger partial charge in [-0.25, -0.2) is 4.98 Å². The first-order valence-electron chi connectivity index (χ1n) is 5.78. The molecular weight excluding hydrogens is 202 g/mol. The molecule has 4 heteroatoms. The van der Waals surface area contributed by atoms with Gasteiger partial charge >= 0.3 is 0 Å². The van der Waals surface area contributed by atoms with E-state index >= 15 is 0 Å². The van der Waals surface area contributed by atoms with E-state index in [9.17, 15) is 4.79 Å². The molecule has 0 unspecified atom stereocenters. The molecule has 1 aromatic heterocycles. The molecule has 4 nitrogen and oxygen atoms in total. The molecule has 0 saturated heterocycles. The Hall–Kier alpha value is -1.32. The molecule has 1 N–H and O–H groups in total. The predicted octanol–water partition coefficient (Wildman–Crippen LogP) is 1.80. The maximum absolute atomic E-state index is 11.4. The lowest BCUT2D eigenvalue weighted by molar-refractivity contribution is -0.121. The summed E-state index contributed by atoms with van der Waals surface area (Å²) in [6, 6.07) is 0.227. The predicted molar refractivity (Wildman–Crippen MR) is 64.2 cm³/mol. The number of hydrogen-bond donors (Lipinski definition) is 1. The normalized spacial score (nSPS) is 10.8. The van der Waals surface area contributed by atoms with E-state index in [1.807, 2.05) is 27.1 Å². The van der Waals surface area contributed by atoms with Gasteiger partial charge < -0.3 is 9.88 Å². The Morgan fingerprint density at radius 1 is 1.50 bits per heavy atom. The SMILES string of the molecule is Cc1ncn(CCCC(=O)NC(C)C)c1C. The summed E-state index contributed by atoms with van der Waals surface area (Å²) >= 11 is 0. The first-order chi connectivity index (χ1) is 7.50. The summed E-state index contributed by atoms with van der Waals surface area (Å²) in [7, 11) is 0. The van der Waals surface area contributed by atoms with Crippen LogP contribution < -0.4 is 5.32 Å². The number of nitrogens with zero attached hydrogens (tertiary/aromatic N) is 2. The fourth-order valence-electron chi connectivity index (χ4n) is 1.57. The number of carbonyl (C=O) groups is 1. The van der Waals surface area contributed by atoms with Crippen molar-refractivity contribution in [1.29, 1.82) is 0 Å². The number of imidazole rings is 1. The summed E-state index contributed by atoms with van der Waals surface area (Å²) in [5, 5.41) is 2.89. The van der Waals surface area contributed by atoms with Crippen molar-refractivity contribution >= 4 is 5.91 Å². The molecule has 0 aromatic carbocycles. The van der Waals surface area contributed by atoms with Crippen LogP contribution in [0.2, 0.25) is 0 Å². The van der Waals surface area contributed by atoms with Crippen LogP contribution in [0.15, 0.2) is 6.33 Å². The third kappa shape index (κ3) is 3.68. The van der Waals surface area contributed by atoms with Gasteiger partial charge in [0.15, 0.2) is 0 Å². The van der Waals surface area contributed by atoms with Crippen LogP contribution in [0.3, 0.4) is 0 Å². The number of aromatic nitrogens is 2. The molecule has 0 fully saturated rings. The van der Waals surface area contributed by atoms with Gasteiger partial charge in [-0.2, -0.15) is 0 Å². The van der Waals surface area contributed by atoms with E-state index in [1.165, 1.54) is 5.69 Å². The van der Waals surface area contributed by atoms with Crippen molar-refractivity contribution < 1.29 is 4.79 Å². The van der Waals surface area contributed by atoms with E-state index in [2.05, 4.69) is 21.8 Å². The largest absolute Gasteiger partial charge is 0.354 e. The minimum Gasteiger partial charge on any atom is -0.354 e. The minimum atomic E-state index is 0.129. The topological polar surface area (TPSA) is 46.9 Å². The number of rotatable bonds is 5. The zero-order chi connectivity index (χ0) is 12.1. The lowest BCUT2D eigenvalue weighted by Crippen LogP contribution is -2.29. The fourth-order valence-corrected chi connectivity index (χ4v) is 1.57. The molecule has 0 aliphatic carbocycles. The van der Waals surface area contributed by atoms with E-state index in [0.29, 0.717) is 6.42 Å². The molecule has 0 atom stereocenters. The van der Waals surface area contributed by atoms with Gasteiger partial charge in [-0.05, 0) is 34.1 Å². The Balaban J connectivity index is 2.31. The molecule has 90 valence electrons. The Kier molecular flexibility index (Phi) is 4.52. The van der Waals surface area contributed by atoms with Gasteiger partial charge in [0, 0.05) is 24.7 Å². The van der Waals surface area contributed by atoms with Gasteiger partial charge in [0.1, 0.15) is 0 Å². The summed E-state index contributed by atoms with van der Waals surface area (Å²) in [5.41, 5.74) is 2.25. The lowest BCUT2D eigenvalue weighted by Gasteiger charge is -2.09. The minimum absolute atomic E-state index is 0.129. The van der Waals surface area contributed by atoms with Crippen LogP contribution >= 0.6 is 0 Å². The maximum Gasteiger partial charge on any atom is 0.220 e. The van der Waals surface area contributed by atoms with Gasteiger partial charge in [-0.1, -0.05) is 0 Å². The van der Waals surface area contributed by atoms with E-state index in [0.717, 1.165) is 18.7 Å². The third-order valence-corrected chi connectivity index (χ3v) is 2.60. The van der Waals surface area contributed by atoms with Gasteiger partial charge in [-0.15, -0.1) is 0 Å². The van der Waals surface area contributed by atoms with Gasteiger partial charge in [0.05, 0.1) is 12.0 Å². The van der Waals surface area contributed by atoms with E-state index in [1.54, 1.807) is 0 Å². The monoisotopic (exact) mass is 223 g/mol. The maximum atomic E-state index is 11.4. The van der Waals surface area contributed by atoms with Crippen LogP contribution in [0.1, 0.15) is 38.1 Å². The van der Waals surface area contributed by atoms with Crippen molar-refractivity contribution in [3.05, 3.63) is 17.7 Å². The van der Waals surface area contributed by atoms with Crippen LogP contribution in [-0.4, -0.2) is 21.5 Å². The zero-order valence-corrected chi connectivity index (χ0v) is 10.6. The number of aryl methyl sites for hydroxylation is 2. The van der Waals surface area contributed by atoms with Gasteiger partial charge in [-0.3, -0.25) is 4.79 Å². The molecule has 0 radical (unpaired) electrons. The highest BCUT2D eigenvalue weighted by Crippen LogP contribution is 2.05. The Labute approximate surface area is 97.1 Å². The highest BCUT2D eigenvalue weighted by molar-refractivity contribution is 5.76. The van der Waals surface area contributed by atoms with Crippen molar-refractivity contribution in [2.24, 2.45) is 0 Å². The smallest absolute Gasteiger partial charge is 0.220 e. The van der Waals surface area contributed by atoms with Crippen LogP contribution in [0.4, 0.5) is 0 Å². The standard InChI is InChI=1S/C12H21N3O/c1-9(2)14-12(16)6-5-7-15-8-13-10(3)11(15)4/h8-9H,5-7H2,1-4H3,(H,14,16). The number of nitrogens with one attached hydrogen (secondary N) is 1. The van der Waals surface area contributed by atoms with Crippen molar-refractivity contribution in [3.8, 4) is 0 Å². The Morgan fingerprint density at radius 2 is 2.19 bits per heavy atom. The van der Waals surface area contributed by atoms with Crippen molar-refractivity contribution in [2.45, 2.75) is 53.1 Å². The summed E-state index contributed by atoms with van der Waals surface area (Å²) in [4.78, 5) is 15.6. The van der Waals surface area contributed by atoms with E-state index < -0.39 is 0 Å². The number of hydrogen-bond acceptors (Lipinski definition) is 2. The third-order valence-electron chi connectivity index (χ3n) is 2.60. The molecule has 16 heavy (non-hydrogen) atoms. The molecular formula is C12H21N3O. The Morgan fingerprint density at radius 3 is 2.69 bits per heavy atom. The molecule has 0 aliphatic heterocycles. The van der Waals surface area contributed by atoms with Crippen LogP contribution in [0.5, 0.6) is 0 Å². The molecule has 0 aliphatic rings. The van der Waals surface area contributed by atoms with Crippen molar-refractivity contribution in [2.75, 3.05) is 0 Å². The van der Waals surface area contributed by atoms with Gasteiger partial charge in [0.2, 0.25) is 5.91 Å². The van der Waals surface area contributed by atoms with E-state index in [-0.39, 0.29) is 11.9 Å². The average Bonchev–Trinajstić information content (AvgIpc) is 2.48. The van der Waals surface area contributed by atoms with Crippen molar-refractivity contribution in [3.63, 3.8) is 0 Å². The highest BCUT2D eigenvalue weighted by atomic mass is 16.1. The van der Waals surface area contributed by atoms with Crippen molar-refractivity contribution in [1.82, 2.24) is 14.9 Å². The fraction of sp³-hybridized carbons (Fsp3) is 0.667. The lowest BCUT2D eigenvalue weighted by atomic mass is 10.2. The quantitative estimate of drug-likeness (QED) is 0.827. The molecule has 1 rings (SSSR count). The molecule has 0 saturated carbocycles. The number of amides is 1. The zero-order valence-electron chi connectivity index (χ0n) is 10.6. The summed E-state index contributed by atoms with van der Waals surface area (Å²) in [6.45, 7) is 8.86. The highest BCUT2D eigenvalue weighted by Gasteiger charge is 2.05. The van der Waals surface area contributed by atoms with E-state index in [4.69, 9.17) is 0 Å². The van der Waals surface area contributed by atoms with Gasteiger partial charge in [0.25, 0.3) is 0 Å². The second-order valence-electron chi connectivity index (χ2n) is 4.43. The molecule has 1 aromatic rings. The first kappa shape index (κ1) is 12.7. The molecule has 0 bridgehead atoms. The summed E-state index contributed by atoms with van der Waals surface area (Å²) in [6.07, 6.45) is 3.27. The molecule has 0 spiro atoms. The van der Waals surface area contributed by atoms with Crippen LogP contribution in [-0.2, 0) is 11.3 Å². The number of carbonyl (C=O) groups excluding carboxylic acids is 1. The second kappa shape index (κ2) is 5.68. The van der Waals surface area contributed by atoms with Crippen LogP contribution in [0, 0.1) is 13.8 Å². The average molecular weight is 223 g/mol. The van der Waals surface area contributed by atoms with Crippen LogP contribution in [0.25, 0.3) is 0 Å². The molecule has 1 amide bonds. The molecule has 1 heterocycles. The first-order valence-corrected chi connectivity index (χ1v) is 5.78.